The van der Waals surface area contributed by atoms with Crippen LogP contribution in [0.3, 0.4) is 0 Å². The maximum Gasteiger partial charge on any atom is 0.248 e. The van der Waals surface area contributed by atoms with Crippen LogP contribution in [0.5, 0.6) is 0 Å². The van der Waals surface area contributed by atoms with E-state index in [1.165, 1.54) is 6.92 Å². The van der Waals surface area contributed by atoms with Crippen molar-refractivity contribution in [2.75, 3.05) is 6.61 Å². The highest BCUT2D eigenvalue weighted by molar-refractivity contribution is 6.34. The minimum atomic E-state index is -0.621. The summed E-state index contributed by atoms with van der Waals surface area (Å²) in [6, 6.07) is 4.98. The second-order valence-electron chi connectivity index (χ2n) is 3.81. The molecular formula is C13H14Cl2NO3-. The Morgan fingerprint density at radius 3 is 2.42 bits per heavy atom. The standard InChI is InChI=1S/C13H15Cl2NO3/c1-3-19-13(18)8(2)12(17)16-7-9-4-10(14)6-11(15)5-9/h4-6,18H,3,7H2,1-2H3,(H,16,17)/p-1/b13-8+. The Morgan fingerprint density at radius 1 is 1.32 bits per heavy atom. The molecule has 0 saturated heterocycles. The van der Waals surface area contributed by atoms with Gasteiger partial charge in [0.25, 0.3) is 0 Å². The summed E-state index contributed by atoms with van der Waals surface area (Å²) in [5.41, 5.74) is 0.762. The summed E-state index contributed by atoms with van der Waals surface area (Å²) in [6.07, 6.45) is 0. The largest absolute Gasteiger partial charge is 0.613 e. The van der Waals surface area contributed by atoms with Crippen LogP contribution in [0.1, 0.15) is 19.4 Å². The first-order chi connectivity index (χ1) is 8.93. The highest BCUT2D eigenvalue weighted by Crippen LogP contribution is 2.18. The lowest BCUT2D eigenvalue weighted by Gasteiger charge is -2.16. The third kappa shape index (κ3) is 5.01. The van der Waals surface area contributed by atoms with Crippen molar-refractivity contribution in [2.45, 2.75) is 20.4 Å². The first-order valence-corrected chi connectivity index (χ1v) is 6.43. The van der Waals surface area contributed by atoms with Gasteiger partial charge in [0.15, 0.2) is 0 Å². The maximum atomic E-state index is 11.7. The van der Waals surface area contributed by atoms with E-state index in [0.29, 0.717) is 10.0 Å². The molecule has 0 heterocycles. The number of benzene rings is 1. The van der Waals surface area contributed by atoms with E-state index < -0.39 is 11.9 Å². The molecule has 1 N–H and O–H groups in total. The van der Waals surface area contributed by atoms with Gasteiger partial charge in [0.2, 0.25) is 5.91 Å². The molecule has 19 heavy (non-hydrogen) atoms. The van der Waals surface area contributed by atoms with Gasteiger partial charge in [0.1, 0.15) is 0 Å². The zero-order valence-corrected chi connectivity index (χ0v) is 12.1. The molecule has 0 fully saturated rings. The van der Waals surface area contributed by atoms with Gasteiger partial charge in [0, 0.05) is 22.2 Å². The number of carbonyl (C=O) groups excluding carboxylic acids is 1. The van der Waals surface area contributed by atoms with E-state index >= 15 is 0 Å². The van der Waals surface area contributed by atoms with Gasteiger partial charge in [-0.2, -0.15) is 0 Å². The first-order valence-electron chi connectivity index (χ1n) is 5.68. The lowest BCUT2D eigenvalue weighted by Crippen LogP contribution is -2.27. The summed E-state index contributed by atoms with van der Waals surface area (Å²) < 4.78 is 4.74. The smallest absolute Gasteiger partial charge is 0.248 e. The van der Waals surface area contributed by atoms with Crippen LogP contribution in [-0.2, 0) is 16.1 Å². The van der Waals surface area contributed by atoms with Gasteiger partial charge in [-0.15, -0.1) is 0 Å². The highest BCUT2D eigenvalue weighted by Gasteiger charge is 2.06. The van der Waals surface area contributed by atoms with Crippen molar-refractivity contribution in [3.8, 4) is 0 Å². The van der Waals surface area contributed by atoms with Gasteiger partial charge in [-0.1, -0.05) is 30.1 Å². The molecule has 0 saturated carbocycles. The Morgan fingerprint density at radius 2 is 1.89 bits per heavy atom. The molecule has 4 nitrogen and oxygen atoms in total. The molecule has 1 rings (SSSR count). The Labute approximate surface area is 122 Å². The Kier molecular flexibility index (Phi) is 5.99. The van der Waals surface area contributed by atoms with Gasteiger partial charge < -0.3 is 15.2 Å². The van der Waals surface area contributed by atoms with Crippen molar-refractivity contribution in [1.29, 1.82) is 0 Å². The molecule has 0 atom stereocenters. The molecule has 1 aromatic carbocycles. The van der Waals surface area contributed by atoms with Crippen LogP contribution in [0.25, 0.3) is 0 Å². The number of ether oxygens (including phenoxy) is 1. The molecule has 0 unspecified atom stereocenters. The van der Waals surface area contributed by atoms with Crippen LogP contribution < -0.4 is 10.4 Å². The number of rotatable bonds is 5. The monoisotopic (exact) mass is 302 g/mol. The molecule has 0 spiro atoms. The van der Waals surface area contributed by atoms with E-state index in [-0.39, 0.29) is 18.7 Å². The van der Waals surface area contributed by atoms with Crippen LogP contribution in [-0.4, -0.2) is 12.5 Å². The minimum absolute atomic E-state index is 0.00924. The van der Waals surface area contributed by atoms with Gasteiger partial charge in [-0.3, -0.25) is 4.79 Å². The second kappa shape index (κ2) is 7.26. The number of hydrogen-bond donors (Lipinski definition) is 1. The van der Waals surface area contributed by atoms with Crippen LogP contribution in [0.15, 0.2) is 29.7 Å². The summed E-state index contributed by atoms with van der Waals surface area (Å²) in [4.78, 5) is 11.7. The third-order valence-corrected chi connectivity index (χ3v) is 2.73. The average Bonchev–Trinajstić information content (AvgIpc) is 2.34. The lowest BCUT2D eigenvalue weighted by atomic mass is 10.2. The average molecular weight is 303 g/mol. The number of carbonyl (C=O) groups is 1. The van der Waals surface area contributed by atoms with Crippen molar-refractivity contribution >= 4 is 29.1 Å². The van der Waals surface area contributed by atoms with Crippen LogP contribution in [0.4, 0.5) is 0 Å². The van der Waals surface area contributed by atoms with Crippen LogP contribution in [0.2, 0.25) is 10.0 Å². The van der Waals surface area contributed by atoms with Gasteiger partial charge in [-0.05, 0) is 37.3 Å². The van der Waals surface area contributed by atoms with Crippen LogP contribution in [0, 0.1) is 0 Å². The van der Waals surface area contributed by atoms with E-state index in [1.807, 2.05) is 0 Å². The quantitative estimate of drug-likeness (QED) is 0.670. The molecule has 0 aromatic heterocycles. The van der Waals surface area contributed by atoms with E-state index in [2.05, 4.69) is 5.32 Å². The molecule has 104 valence electrons. The number of amides is 1. The molecular weight excluding hydrogens is 289 g/mol. The molecule has 0 aliphatic carbocycles. The van der Waals surface area contributed by atoms with Gasteiger partial charge in [-0.25, -0.2) is 0 Å². The molecule has 1 amide bonds. The summed E-state index contributed by atoms with van der Waals surface area (Å²) in [6.45, 7) is 3.55. The maximum absolute atomic E-state index is 11.7. The van der Waals surface area contributed by atoms with Crippen molar-refractivity contribution in [3.63, 3.8) is 0 Å². The summed E-state index contributed by atoms with van der Waals surface area (Å²) in [5.74, 6) is -1.10. The summed E-state index contributed by atoms with van der Waals surface area (Å²) >= 11 is 11.7. The number of nitrogens with one attached hydrogen (secondary N) is 1. The molecule has 6 heteroatoms. The molecule has 0 aliphatic heterocycles. The van der Waals surface area contributed by atoms with Crippen molar-refractivity contribution in [1.82, 2.24) is 5.32 Å². The fourth-order valence-corrected chi connectivity index (χ4v) is 1.93. The molecule has 0 aliphatic rings. The lowest BCUT2D eigenvalue weighted by molar-refractivity contribution is -0.358. The first kappa shape index (κ1) is 15.7. The fraction of sp³-hybridized carbons (Fsp3) is 0.308. The SMILES string of the molecule is CCO/C([O-])=C(\C)C(=O)NCc1cc(Cl)cc(Cl)c1. The Balaban J connectivity index is 2.66. The Bertz CT molecular complexity index is 480. The highest BCUT2D eigenvalue weighted by atomic mass is 35.5. The Hall–Kier alpha value is -1.39. The molecule has 0 radical (unpaired) electrons. The van der Waals surface area contributed by atoms with Crippen molar-refractivity contribution < 1.29 is 14.6 Å². The third-order valence-electron chi connectivity index (χ3n) is 2.30. The fourth-order valence-electron chi connectivity index (χ4n) is 1.36. The zero-order valence-electron chi connectivity index (χ0n) is 10.6. The predicted molar refractivity (Wildman–Crippen MR) is 72.6 cm³/mol. The second-order valence-corrected chi connectivity index (χ2v) is 4.68. The van der Waals surface area contributed by atoms with E-state index in [9.17, 15) is 9.90 Å². The summed E-state index contributed by atoms with van der Waals surface area (Å²) in [5, 5.41) is 14.9. The predicted octanol–water partition coefficient (Wildman–Crippen LogP) is 2.24. The summed E-state index contributed by atoms with van der Waals surface area (Å²) in [7, 11) is 0. The van der Waals surface area contributed by atoms with Crippen LogP contribution >= 0.6 is 23.2 Å². The van der Waals surface area contributed by atoms with Gasteiger partial charge in [0.05, 0.1) is 5.95 Å². The number of hydrogen-bond acceptors (Lipinski definition) is 3. The zero-order chi connectivity index (χ0) is 14.4. The van der Waals surface area contributed by atoms with Crippen molar-refractivity contribution in [3.05, 3.63) is 45.3 Å². The molecule has 1 aromatic rings. The van der Waals surface area contributed by atoms with E-state index in [4.69, 9.17) is 27.9 Å². The van der Waals surface area contributed by atoms with E-state index in [0.717, 1.165) is 5.56 Å². The van der Waals surface area contributed by atoms with Gasteiger partial charge >= 0.3 is 0 Å². The normalized spacial score (nSPS) is 11.8. The number of halogens is 2. The molecule has 0 bridgehead atoms. The van der Waals surface area contributed by atoms with E-state index in [1.54, 1.807) is 25.1 Å². The topological polar surface area (TPSA) is 61.4 Å². The minimum Gasteiger partial charge on any atom is -0.613 e. The van der Waals surface area contributed by atoms with Crippen molar-refractivity contribution in [2.24, 2.45) is 0 Å².